The van der Waals surface area contributed by atoms with E-state index in [1.165, 1.54) is 28.0 Å². The second-order valence-electron chi connectivity index (χ2n) is 6.40. The Morgan fingerprint density at radius 2 is 2.23 bits per heavy atom. The summed E-state index contributed by atoms with van der Waals surface area (Å²) in [6.45, 7) is -0.344. The topological polar surface area (TPSA) is 95.9 Å². The summed E-state index contributed by atoms with van der Waals surface area (Å²) in [6.07, 6.45) is 1.80. The van der Waals surface area contributed by atoms with Gasteiger partial charge in [0.05, 0.1) is 13.0 Å². The van der Waals surface area contributed by atoms with Crippen molar-refractivity contribution in [1.29, 1.82) is 0 Å². The van der Waals surface area contributed by atoms with Gasteiger partial charge in [0.1, 0.15) is 17.1 Å². The van der Waals surface area contributed by atoms with Crippen LogP contribution in [0.1, 0.15) is 17.7 Å². The maximum absolute atomic E-state index is 12.6. The first-order chi connectivity index (χ1) is 12.5. The van der Waals surface area contributed by atoms with Gasteiger partial charge < -0.3 is 15.1 Å². The van der Waals surface area contributed by atoms with Gasteiger partial charge in [-0.1, -0.05) is 6.07 Å². The van der Waals surface area contributed by atoms with E-state index in [-0.39, 0.29) is 29.4 Å². The number of nitrogens with zero attached hydrogens (tertiary/aromatic N) is 1. The number of thiophene rings is 1. The van der Waals surface area contributed by atoms with E-state index in [1.54, 1.807) is 0 Å². The molecule has 3 heterocycles. The van der Waals surface area contributed by atoms with Crippen LogP contribution in [0.5, 0.6) is 0 Å². The van der Waals surface area contributed by atoms with E-state index >= 15 is 0 Å². The van der Waals surface area contributed by atoms with Crippen LogP contribution in [0.4, 0.5) is 0 Å². The molecule has 10 heteroatoms. The molecule has 3 aliphatic rings. The van der Waals surface area contributed by atoms with Crippen molar-refractivity contribution in [3.8, 4) is 0 Å². The van der Waals surface area contributed by atoms with E-state index in [2.05, 4.69) is 9.97 Å². The third-order valence-corrected chi connectivity index (χ3v) is 7.57. The number of fused-ring (bicyclic) bond motifs is 1. The predicted molar refractivity (Wildman–Crippen MR) is 96.1 cm³/mol. The summed E-state index contributed by atoms with van der Waals surface area (Å²) in [4.78, 5) is 39.2. The van der Waals surface area contributed by atoms with Crippen LogP contribution in [0.2, 0.25) is 0 Å². The van der Waals surface area contributed by atoms with Crippen LogP contribution >= 0.6 is 23.1 Å². The van der Waals surface area contributed by atoms with Crippen LogP contribution in [0, 0.1) is 0 Å². The van der Waals surface area contributed by atoms with Gasteiger partial charge in [-0.15, -0.1) is 23.1 Å². The first-order valence-electron chi connectivity index (χ1n) is 8.09. The van der Waals surface area contributed by atoms with Crippen LogP contribution in [0.3, 0.4) is 0 Å². The van der Waals surface area contributed by atoms with E-state index < -0.39 is 23.3 Å². The second kappa shape index (κ2) is 6.43. The van der Waals surface area contributed by atoms with Crippen LogP contribution in [0.25, 0.3) is 0 Å². The van der Waals surface area contributed by atoms with Crippen LogP contribution < -0.4 is 5.32 Å². The van der Waals surface area contributed by atoms with Gasteiger partial charge in [-0.3, -0.25) is 14.5 Å². The van der Waals surface area contributed by atoms with Crippen molar-refractivity contribution in [2.45, 2.75) is 35.4 Å². The Hall–Kier alpha value is -1.78. The normalized spacial score (nSPS) is 25.6. The highest BCUT2D eigenvalue weighted by atomic mass is 32.2. The Kier molecular flexibility index (Phi) is 4.36. The van der Waals surface area contributed by atoms with Crippen molar-refractivity contribution in [3.63, 3.8) is 0 Å². The quantitative estimate of drug-likeness (QED) is 0.547. The molecule has 1 aromatic rings. The summed E-state index contributed by atoms with van der Waals surface area (Å²) in [5, 5.41) is 14.0. The molecule has 1 spiro atoms. The molecule has 4 rings (SSSR count). The van der Waals surface area contributed by atoms with Crippen molar-refractivity contribution in [3.05, 3.63) is 33.7 Å². The molecule has 2 amide bonds. The minimum Gasteiger partial charge on any atom is -0.539 e. The first-order valence-corrected chi connectivity index (χ1v) is 9.85. The molecule has 2 aliphatic heterocycles. The lowest BCUT2D eigenvalue weighted by atomic mass is 9.99. The molecule has 2 fully saturated rings. The number of β-lactam (4-membered cyclic amide) rings is 1. The highest BCUT2D eigenvalue weighted by molar-refractivity contribution is 8.02. The number of aliphatic hydroxyl groups is 1. The van der Waals surface area contributed by atoms with Crippen molar-refractivity contribution in [2.24, 2.45) is 0 Å². The van der Waals surface area contributed by atoms with E-state index in [4.69, 9.17) is 8.05 Å². The fraction of sp³-hybridized carbons (Fsp3) is 0.438. The summed E-state index contributed by atoms with van der Waals surface area (Å²) < 4.78 is 3.96. The molecule has 2 N–H and O–H groups in total. The van der Waals surface area contributed by atoms with Gasteiger partial charge >= 0.3 is 14.0 Å². The Balaban J connectivity index is 1.55. The third-order valence-electron chi connectivity index (χ3n) is 4.86. The Labute approximate surface area is 159 Å². The van der Waals surface area contributed by atoms with E-state index in [9.17, 15) is 19.5 Å². The summed E-state index contributed by atoms with van der Waals surface area (Å²) in [7, 11) is 5.02. The Morgan fingerprint density at radius 3 is 2.81 bits per heavy atom. The molecule has 26 heavy (non-hydrogen) atoms. The smallest absolute Gasteiger partial charge is 0.378 e. The molecule has 1 aromatic heterocycles. The lowest BCUT2D eigenvalue weighted by molar-refractivity contribution is -0.150. The second-order valence-corrected chi connectivity index (χ2v) is 8.94. The monoisotopic (exact) mass is 390 g/mol. The van der Waals surface area contributed by atoms with Crippen molar-refractivity contribution in [2.75, 3.05) is 6.61 Å². The Bertz CT molecular complexity index is 806. The fourth-order valence-corrected chi connectivity index (χ4v) is 5.89. The Morgan fingerprint density at radius 1 is 1.46 bits per heavy atom. The molecule has 1 saturated carbocycles. The molecular formula is C16H15BN2O5S2. The number of hydrogen-bond acceptors (Lipinski definition) is 7. The van der Waals surface area contributed by atoms with Crippen LogP contribution in [-0.4, -0.2) is 58.6 Å². The standard InChI is InChI=1S/C16H15BN2O5S2/c17-24-15(23)12-9(7-20)16(3-4-16)26-14-11(13(22)19(12)14)18-10(21)6-8-2-1-5-25-8/h1-2,5,11,14,20H,3-4,6-7H2,(H,18,21)/t11-,14-/m1/s1. The average molecular weight is 390 g/mol. The number of thioether (sulfide) groups is 1. The van der Waals surface area contributed by atoms with Crippen molar-refractivity contribution < 1.29 is 24.1 Å². The molecule has 2 atom stereocenters. The largest absolute Gasteiger partial charge is 0.539 e. The zero-order valence-electron chi connectivity index (χ0n) is 13.6. The van der Waals surface area contributed by atoms with Crippen molar-refractivity contribution in [1.82, 2.24) is 10.2 Å². The number of carbonyl (C=O) groups is 3. The molecule has 1 aliphatic carbocycles. The predicted octanol–water partition coefficient (Wildman–Crippen LogP) is 0.0962. The van der Waals surface area contributed by atoms with Crippen LogP contribution in [-0.2, 0) is 25.5 Å². The molecule has 0 unspecified atom stereocenters. The number of rotatable bonds is 5. The first kappa shape index (κ1) is 17.6. The maximum Gasteiger partial charge on any atom is 0.378 e. The van der Waals surface area contributed by atoms with Gasteiger partial charge in [-0.25, -0.2) is 4.79 Å². The summed E-state index contributed by atoms with van der Waals surface area (Å²) in [6, 6.07) is 3.02. The molecule has 134 valence electrons. The number of nitrogens with one attached hydrogen (secondary N) is 1. The van der Waals surface area contributed by atoms with Gasteiger partial charge in [0, 0.05) is 15.2 Å². The molecule has 7 nitrogen and oxygen atoms in total. The van der Waals surface area contributed by atoms with Gasteiger partial charge in [-0.05, 0) is 24.3 Å². The minimum atomic E-state index is -0.845. The number of aliphatic hydroxyl groups excluding tert-OH is 1. The lowest BCUT2D eigenvalue weighted by Gasteiger charge is -2.52. The van der Waals surface area contributed by atoms with E-state index in [0.29, 0.717) is 5.57 Å². The summed E-state index contributed by atoms with van der Waals surface area (Å²) >= 11 is 2.98. The zero-order chi connectivity index (χ0) is 18.5. The van der Waals surface area contributed by atoms with Gasteiger partial charge in [0.25, 0.3) is 5.91 Å². The highest BCUT2D eigenvalue weighted by Gasteiger charge is 2.63. The molecule has 0 bridgehead atoms. The van der Waals surface area contributed by atoms with E-state index in [1.807, 2.05) is 17.5 Å². The van der Waals surface area contributed by atoms with Gasteiger partial charge in [-0.2, -0.15) is 0 Å². The molecule has 1 saturated heterocycles. The summed E-state index contributed by atoms with van der Waals surface area (Å²) in [5.41, 5.74) is 0.496. The number of amides is 2. The van der Waals surface area contributed by atoms with Crippen LogP contribution in [0.15, 0.2) is 28.8 Å². The van der Waals surface area contributed by atoms with E-state index in [0.717, 1.165) is 17.7 Å². The van der Waals surface area contributed by atoms with Crippen molar-refractivity contribution >= 4 is 48.9 Å². The SMILES string of the molecule is [B]OC(=O)C1=C(CO)C2(CC2)S[C@@H]2[C@H](NC(=O)Cc3cccs3)C(=O)N12. The number of carbonyl (C=O) groups excluding carboxylic acids is 3. The lowest BCUT2D eigenvalue weighted by Crippen LogP contribution is -2.71. The van der Waals surface area contributed by atoms with Gasteiger partial charge in [0.2, 0.25) is 5.91 Å². The fourth-order valence-electron chi connectivity index (χ4n) is 3.44. The highest BCUT2D eigenvalue weighted by Crippen LogP contribution is 2.62. The average Bonchev–Trinajstić information content (AvgIpc) is 3.21. The zero-order valence-corrected chi connectivity index (χ0v) is 15.3. The van der Waals surface area contributed by atoms with Gasteiger partial charge in [0.15, 0.2) is 0 Å². The molecule has 2 radical (unpaired) electrons. The molecular weight excluding hydrogens is 375 g/mol. The minimum absolute atomic E-state index is 0.0185. The maximum atomic E-state index is 12.6. The molecule has 0 aromatic carbocycles. The summed E-state index contributed by atoms with van der Waals surface area (Å²) in [5.74, 6) is -1.48. The number of hydrogen-bond donors (Lipinski definition) is 2. The third kappa shape index (κ3) is 2.67.